The van der Waals surface area contributed by atoms with Crippen LogP contribution in [0.1, 0.15) is 5.56 Å². The molecule has 0 saturated heterocycles. The summed E-state index contributed by atoms with van der Waals surface area (Å²) in [5, 5.41) is 4.80. The lowest BCUT2D eigenvalue weighted by atomic mass is 10.0. The standard InChI is InChI=1S/C12H8BrNS/c13-12-6-5-9(7-14-8-15)10-3-1-2-4-11(10)12/h1-6H,7H2. The molecule has 0 N–H and O–H groups in total. The fourth-order valence-corrected chi connectivity index (χ4v) is 2.12. The van der Waals surface area contributed by atoms with E-state index in [1.54, 1.807) is 0 Å². The zero-order valence-corrected chi connectivity index (χ0v) is 10.3. The van der Waals surface area contributed by atoms with Gasteiger partial charge in [-0.25, -0.2) is 4.99 Å². The third-order valence-electron chi connectivity index (χ3n) is 2.28. The van der Waals surface area contributed by atoms with Crippen LogP contribution in [0.5, 0.6) is 0 Å². The van der Waals surface area contributed by atoms with Crippen LogP contribution in [0.25, 0.3) is 10.8 Å². The van der Waals surface area contributed by atoms with Crippen LogP contribution >= 0.6 is 28.1 Å². The Kier molecular flexibility index (Phi) is 3.27. The number of rotatable bonds is 2. The molecule has 15 heavy (non-hydrogen) atoms. The van der Waals surface area contributed by atoms with Crippen LogP contribution in [0, 0.1) is 0 Å². The molecule has 2 aromatic rings. The van der Waals surface area contributed by atoms with Crippen LogP contribution in [0.15, 0.2) is 45.9 Å². The molecule has 0 fully saturated rings. The van der Waals surface area contributed by atoms with Gasteiger partial charge < -0.3 is 0 Å². The van der Waals surface area contributed by atoms with Crippen molar-refractivity contribution in [2.24, 2.45) is 4.99 Å². The second-order valence-corrected chi connectivity index (χ2v) is 4.20. The molecule has 0 heterocycles. The highest BCUT2D eigenvalue weighted by atomic mass is 79.9. The molecule has 3 heteroatoms. The first-order valence-corrected chi connectivity index (χ1v) is 5.73. The first-order valence-electron chi connectivity index (χ1n) is 4.52. The van der Waals surface area contributed by atoms with Gasteiger partial charge in [0.1, 0.15) is 0 Å². The number of halogens is 1. The summed E-state index contributed by atoms with van der Waals surface area (Å²) < 4.78 is 1.10. The van der Waals surface area contributed by atoms with Crippen LogP contribution in [-0.4, -0.2) is 5.16 Å². The predicted molar refractivity (Wildman–Crippen MR) is 70.4 cm³/mol. The third-order valence-corrected chi connectivity index (χ3v) is 3.10. The molecule has 0 aliphatic carbocycles. The second kappa shape index (κ2) is 4.67. The van der Waals surface area contributed by atoms with Gasteiger partial charge in [0, 0.05) is 4.47 Å². The van der Waals surface area contributed by atoms with Crippen molar-refractivity contribution in [1.29, 1.82) is 0 Å². The first-order chi connectivity index (χ1) is 7.33. The Labute approximate surface area is 102 Å². The van der Waals surface area contributed by atoms with Gasteiger partial charge in [-0.2, -0.15) is 0 Å². The lowest BCUT2D eigenvalue weighted by Crippen LogP contribution is -1.85. The van der Waals surface area contributed by atoms with E-state index in [1.165, 1.54) is 16.3 Å². The van der Waals surface area contributed by atoms with Crippen LogP contribution < -0.4 is 0 Å². The molecule has 2 aromatic carbocycles. The van der Waals surface area contributed by atoms with Crippen LogP contribution in [0.4, 0.5) is 0 Å². The number of aliphatic imine (C=N–C) groups is 1. The van der Waals surface area contributed by atoms with Crippen molar-refractivity contribution in [2.75, 3.05) is 0 Å². The average molecular weight is 278 g/mol. The monoisotopic (exact) mass is 277 g/mol. The molecule has 0 aliphatic heterocycles. The zero-order valence-electron chi connectivity index (χ0n) is 7.90. The van der Waals surface area contributed by atoms with Crippen LogP contribution in [0.3, 0.4) is 0 Å². The van der Waals surface area contributed by atoms with E-state index in [9.17, 15) is 0 Å². The molecule has 0 radical (unpaired) electrons. The van der Waals surface area contributed by atoms with Gasteiger partial charge in [-0.05, 0) is 34.6 Å². The maximum Gasteiger partial charge on any atom is 0.0749 e. The molecule has 1 nitrogen and oxygen atoms in total. The lowest BCUT2D eigenvalue weighted by Gasteiger charge is -2.05. The maximum absolute atomic E-state index is 4.57. The van der Waals surface area contributed by atoms with Crippen LogP contribution in [0.2, 0.25) is 0 Å². The Morgan fingerprint density at radius 2 is 1.87 bits per heavy atom. The molecule has 0 bridgehead atoms. The van der Waals surface area contributed by atoms with Crippen molar-refractivity contribution in [3.63, 3.8) is 0 Å². The molecule has 74 valence electrons. The Morgan fingerprint density at radius 1 is 1.13 bits per heavy atom. The summed E-state index contributed by atoms with van der Waals surface area (Å²) in [5.41, 5.74) is 1.17. The van der Waals surface area contributed by atoms with Crippen molar-refractivity contribution >= 4 is 44.1 Å². The quantitative estimate of drug-likeness (QED) is 0.592. The van der Waals surface area contributed by atoms with E-state index in [2.05, 4.69) is 56.5 Å². The average Bonchev–Trinajstić information content (AvgIpc) is 2.29. The van der Waals surface area contributed by atoms with Gasteiger partial charge in [-0.15, -0.1) is 0 Å². The van der Waals surface area contributed by atoms with Crippen molar-refractivity contribution in [3.05, 3.63) is 46.4 Å². The highest BCUT2D eigenvalue weighted by Crippen LogP contribution is 2.27. The topological polar surface area (TPSA) is 12.4 Å². The van der Waals surface area contributed by atoms with Crippen molar-refractivity contribution in [1.82, 2.24) is 0 Å². The molecule has 0 unspecified atom stereocenters. The van der Waals surface area contributed by atoms with Gasteiger partial charge in [0.2, 0.25) is 0 Å². The fourth-order valence-electron chi connectivity index (χ4n) is 1.58. The Hall–Kier alpha value is -1.02. The Morgan fingerprint density at radius 3 is 2.60 bits per heavy atom. The number of isothiocyanates is 1. The van der Waals surface area contributed by atoms with E-state index in [-0.39, 0.29) is 0 Å². The van der Waals surface area contributed by atoms with E-state index in [4.69, 9.17) is 0 Å². The molecule has 0 amide bonds. The van der Waals surface area contributed by atoms with Crippen LogP contribution in [-0.2, 0) is 6.54 Å². The highest BCUT2D eigenvalue weighted by molar-refractivity contribution is 9.10. The lowest BCUT2D eigenvalue weighted by molar-refractivity contribution is 1.10. The molecule has 0 atom stereocenters. The van der Waals surface area contributed by atoms with Gasteiger partial charge in [0.25, 0.3) is 0 Å². The summed E-state index contributed by atoms with van der Waals surface area (Å²) in [7, 11) is 0. The number of nitrogens with zero attached hydrogens (tertiary/aromatic N) is 1. The van der Waals surface area contributed by atoms with Crippen molar-refractivity contribution in [2.45, 2.75) is 6.54 Å². The van der Waals surface area contributed by atoms with Gasteiger partial charge in [0.05, 0.1) is 11.7 Å². The van der Waals surface area contributed by atoms with Gasteiger partial charge in [0.15, 0.2) is 0 Å². The van der Waals surface area contributed by atoms with Crippen molar-refractivity contribution in [3.8, 4) is 0 Å². The second-order valence-electron chi connectivity index (χ2n) is 3.16. The fraction of sp³-hybridized carbons (Fsp3) is 0.0833. The number of hydrogen-bond donors (Lipinski definition) is 0. The van der Waals surface area contributed by atoms with Gasteiger partial charge in [-0.1, -0.05) is 46.3 Å². The molecular formula is C12H8BrNS. The number of hydrogen-bond acceptors (Lipinski definition) is 2. The SMILES string of the molecule is S=C=NCc1ccc(Br)c2ccccc12. The zero-order chi connectivity index (χ0) is 10.7. The van der Waals surface area contributed by atoms with E-state index < -0.39 is 0 Å². The first kappa shape index (κ1) is 10.5. The van der Waals surface area contributed by atoms with E-state index in [0.717, 1.165) is 4.47 Å². The Balaban J connectivity index is 2.65. The minimum absolute atomic E-state index is 0.595. The van der Waals surface area contributed by atoms with Gasteiger partial charge in [-0.3, -0.25) is 0 Å². The summed E-state index contributed by atoms with van der Waals surface area (Å²) in [6, 6.07) is 12.3. The third kappa shape index (κ3) is 2.15. The molecule has 2 rings (SSSR count). The summed E-state index contributed by atoms with van der Waals surface area (Å²) >= 11 is 8.11. The largest absolute Gasteiger partial charge is 0.228 e. The number of fused-ring (bicyclic) bond motifs is 1. The summed E-state index contributed by atoms with van der Waals surface area (Å²) in [6.07, 6.45) is 0. The summed E-state index contributed by atoms with van der Waals surface area (Å²) in [6.45, 7) is 0.595. The highest BCUT2D eigenvalue weighted by Gasteiger charge is 2.02. The molecule has 0 saturated carbocycles. The Bertz CT molecular complexity index is 544. The van der Waals surface area contributed by atoms with Gasteiger partial charge >= 0.3 is 0 Å². The maximum atomic E-state index is 4.57. The smallest absolute Gasteiger partial charge is 0.0749 e. The van der Waals surface area contributed by atoms with E-state index in [0.29, 0.717) is 6.54 Å². The number of benzene rings is 2. The van der Waals surface area contributed by atoms with E-state index >= 15 is 0 Å². The predicted octanol–water partition coefficient (Wildman–Crippen LogP) is 4.21. The summed E-state index contributed by atoms with van der Waals surface area (Å²) in [5.74, 6) is 0. The summed E-state index contributed by atoms with van der Waals surface area (Å²) in [4.78, 5) is 3.97. The number of thiocarbonyl (C=S) groups is 1. The molecule has 0 aromatic heterocycles. The molecule has 0 spiro atoms. The normalized spacial score (nSPS) is 9.93. The molecular weight excluding hydrogens is 270 g/mol. The minimum Gasteiger partial charge on any atom is -0.228 e. The van der Waals surface area contributed by atoms with E-state index in [1.807, 2.05) is 18.2 Å². The molecule has 0 aliphatic rings. The minimum atomic E-state index is 0.595. The van der Waals surface area contributed by atoms with Crippen molar-refractivity contribution < 1.29 is 0 Å².